The third kappa shape index (κ3) is 7.42. The number of fused-ring (bicyclic) bond motifs is 1. The van der Waals surface area contributed by atoms with E-state index in [-0.39, 0.29) is 42.1 Å². The van der Waals surface area contributed by atoms with Crippen LogP contribution in [0.2, 0.25) is 0 Å². The minimum atomic E-state index is -0.930. The van der Waals surface area contributed by atoms with Gasteiger partial charge in [0.05, 0.1) is 17.0 Å². The Morgan fingerprint density at radius 2 is 1.70 bits per heavy atom. The van der Waals surface area contributed by atoms with Crippen molar-refractivity contribution in [2.24, 2.45) is 5.41 Å². The number of nitro groups is 1. The number of rotatable bonds is 9. The van der Waals surface area contributed by atoms with Crippen molar-refractivity contribution in [1.82, 2.24) is 26.2 Å². The molecule has 44 heavy (non-hydrogen) atoms. The Morgan fingerprint density at radius 1 is 1.02 bits per heavy atom. The molecule has 12 nitrogen and oxygen atoms in total. The van der Waals surface area contributed by atoms with Crippen LogP contribution in [-0.4, -0.2) is 71.2 Å². The summed E-state index contributed by atoms with van der Waals surface area (Å²) in [6.07, 6.45) is 2.80. The van der Waals surface area contributed by atoms with Crippen LogP contribution in [0.25, 0.3) is 0 Å². The summed E-state index contributed by atoms with van der Waals surface area (Å²) in [6.45, 7) is 7.28. The molecule has 1 saturated heterocycles. The summed E-state index contributed by atoms with van der Waals surface area (Å²) in [5, 5.41) is 22.8. The number of hydrogen-bond donors (Lipinski definition) is 4. The predicted molar refractivity (Wildman–Crippen MR) is 165 cm³/mol. The van der Waals surface area contributed by atoms with Crippen molar-refractivity contribution in [2.75, 3.05) is 13.6 Å². The average molecular weight is 607 g/mol. The van der Waals surface area contributed by atoms with Crippen LogP contribution in [0.15, 0.2) is 48.5 Å². The standard InChI is InChI=1S/C32H42N6O6/c1-19(33-5)28(39)36-27(32(2,3)4)31(42)37-18-22(34-29(40)21-13-15-23(16-14-21)38(43)44)17-26(37)30(41)35-25-12-8-10-20-9-6-7-11-24(20)25/h6-7,9,11,13-16,19,22,25-27,33H,8,10,12,17-18H2,1-5H3,(H,34,40)(H,35,41)(H,36,39)/t19-,22?,25?,26?,27?/m0/s1. The van der Waals surface area contributed by atoms with Crippen molar-refractivity contribution >= 4 is 29.3 Å². The number of amides is 4. The zero-order chi connectivity index (χ0) is 32.2. The van der Waals surface area contributed by atoms with Gasteiger partial charge in [-0.1, -0.05) is 45.0 Å². The van der Waals surface area contributed by atoms with E-state index in [4.69, 9.17) is 0 Å². The number of nitro benzene ring substituents is 1. The van der Waals surface area contributed by atoms with Crippen LogP contribution >= 0.6 is 0 Å². The first-order chi connectivity index (χ1) is 20.8. The summed E-state index contributed by atoms with van der Waals surface area (Å²) in [5.74, 6) is -1.55. The van der Waals surface area contributed by atoms with Gasteiger partial charge in [-0.3, -0.25) is 29.3 Å². The lowest BCUT2D eigenvalue weighted by atomic mass is 9.85. The number of carbonyl (C=O) groups excluding carboxylic acids is 4. The van der Waals surface area contributed by atoms with E-state index in [0.717, 1.165) is 24.8 Å². The van der Waals surface area contributed by atoms with Gasteiger partial charge in [0.25, 0.3) is 11.6 Å². The number of likely N-dealkylation sites (tertiary alicyclic amines) is 1. The first-order valence-electron chi connectivity index (χ1n) is 15.0. The van der Waals surface area contributed by atoms with Crippen molar-refractivity contribution in [3.05, 3.63) is 75.3 Å². The summed E-state index contributed by atoms with van der Waals surface area (Å²) in [7, 11) is 1.65. The number of benzene rings is 2. The summed E-state index contributed by atoms with van der Waals surface area (Å²) < 4.78 is 0. The van der Waals surface area contributed by atoms with E-state index in [1.807, 2.05) is 39.0 Å². The van der Waals surface area contributed by atoms with E-state index < -0.39 is 46.3 Å². The van der Waals surface area contributed by atoms with Gasteiger partial charge in [0.15, 0.2) is 0 Å². The maximum atomic E-state index is 14.2. The molecule has 0 aromatic heterocycles. The zero-order valence-corrected chi connectivity index (χ0v) is 25.9. The number of aryl methyl sites for hydroxylation is 1. The molecule has 0 bridgehead atoms. The quantitative estimate of drug-likeness (QED) is 0.252. The molecule has 236 valence electrons. The Bertz CT molecular complexity index is 1400. The fourth-order valence-electron chi connectivity index (χ4n) is 5.82. The predicted octanol–water partition coefficient (Wildman–Crippen LogP) is 2.63. The van der Waals surface area contributed by atoms with Crippen molar-refractivity contribution in [1.29, 1.82) is 0 Å². The number of carbonyl (C=O) groups is 4. The highest BCUT2D eigenvalue weighted by molar-refractivity contribution is 5.96. The van der Waals surface area contributed by atoms with E-state index in [2.05, 4.69) is 27.3 Å². The molecule has 1 fully saturated rings. The number of hydrogen-bond acceptors (Lipinski definition) is 7. The first-order valence-corrected chi connectivity index (χ1v) is 15.0. The Morgan fingerprint density at radius 3 is 2.34 bits per heavy atom. The van der Waals surface area contributed by atoms with Crippen molar-refractivity contribution in [2.45, 2.75) is 83.6 Å². The Balaban J connectivity index is 1.59. The maximum absolute atomic E-state index is 14.2. The van der Waals surface area contributed by atoms with Gasteiger partial charge >= 0.3 is 0 Å². The molecular formula is C32H42N6O6. The van der Waals surface area contributed by atoms with Gasteiger partial charge in [0, 0.05) is 30.3 Å². The summed E-state index contributed by atoms with van der Waals surface area (Å²) >= 11 is 0. The summed E-state index contributed by atoms with van der Waals surface area (Å²) in [4.78, 5) is 66.0. The second kappa shape index (κ2) is 13.5. The smallest absolute Gasteiger partial charge is 0.269 e. The fraction of sp³-hybridized carbons (Fsp3) is 0.500. The molecule has 2 aromatic carbocycles. The Labute approximate surface area is 257 Å². The van der Waals surface area contributed by atoms with Gasteiger partial charge in [-0.05, 0) is 68.3 Å². The molecule has 0 saturated carbocycles. The van der Waals surface area contributed by atoms with Gasteiger partial charge in [-0.25, -0.2) is 0 Å². The molecule has 1 aliphatic carbocycles. The number of non-ortho nitro benzene ring substituents is 1. The van der Waals surface area contributed by atoms with Gasteiger partial charge in [0.1, 0.15) is 12.1 Å². The fourth-order valence-corrected chi connectivity index (χ4v) is 5.82. The minimum Gasteiger partial charge on any atom is -0.347 e. The third-order valence-electron chi connectivity index (χ3n) is 8.47. The van der Waals surface area contributed by atoms with Crippen LogP contribution in [0, 0.1) is 15.5 Å². The van der Waals surface area contributed by atoms with Gasteiger partial charge in [-0.2, -0.15) is 0 Å². The van der Waals surface area contributed by atoms with Crippen molar-refractivity contribution < 1.29 is 24.1 Å². The lowest BCUT2D eigenvalue weighted by Crippen LogP contribution is -2.59. The SMILES string of the molecule is CN[C@@H](C)C(=O)NC(C(=O)N1CC(NC(=O)c2ccc([N+](=O)[O-])cc2)CC1C(=O)NC1CCCc2ccccc21)C(C)(C)C. The van der Waals surface area contributed by atoms with Gasteiger partial charge in [-0.15, -0.1) is 0 Å². The molecule has 0 radical (unpaired) electrons. The Hall–Kier alpha value is -4.32. The second-order valence-corrected chi connectivity index (χ2v) is 12.7. The first kappa shape index (κ1) is 32.6. The Kier molecular flexibility index (Phi) is 10.0. The maximum Gasteiger partial charge on any atom is 0.269 e. The highest BCUT2D eigenvalue weighted by atomic mass is 16.6. The van der Waals surface area contributed by atoms with Crippen LogP contribution in [-0.2, 0) is 20.8 Å². The van der Waals surface area contributed by atoms with E-state index >= 15 is 0 Å². The molecular weight excluding hydrogens is 564 g/mol. The van der Waals surface area contributed by atoms with E-state index in [0.29, 0.717) is 0 Å². The highest BCUT2D eigenvalue weighted by Gasteiger charge is 2.46. The molecule has 2 aromatic rings. The van der Waals surface area contributed by atoms with Crippen LogP contribution in [0.4, 0.5) is 5.69 Å². The van der Waals surface area contributed by atoms with Crippen LogP contribution < -0.4 is 21.3 Å². The van der Waals surface area contributed by atoms with Crippen LogP contribution in [0.1, 0.15) is 74.5 Å². The molecule has 12 heteroatoms. The molecule has 4 rings (SSSR count). The molecule has 4 N–H and O–H groups in total. The molecule has 1 heterocycles. The number of nitrogens with zero attached hydrogens (tertiary/aromatic N) is 2. The van der Waals surface area contributed by atoms with Crippen molar-refractivity contribution in [3.8, 4) is 0 Å². The summed E-state index contributed by atoms with van der Waals surface area (Å²) in [6, 6.07) is 10.1. The molecule has 4 unspecified atom stereocenters. The van der Waals surface area contributed by atoms with Gasteiger partial charge in [0.2, 0.25) is 17.7 Å². The summed E-state index contributed by atoms with van der Waals surface area (Å²) in [5.41, 5.74) is 1.66. The largest absolute Gasteiger partial charge is 0.347 e. The zero-order valence-electron chi connectivity index (χ0n) is 25.9. The molecule has 2 aliphatic rings. The van der Waals surface area contributed by atoms with E-state index in [9.17, 15) is 29.3 Å². The topological polar surface area (TPSA) is 163 Å². The molecule has 4 amide bonds. The minimum absolute atomic E-state index is 0.0565. The van der Waals surface area contributed by atoms with E-state index in [1.54, 1.807) is 14.0 Å². The second-order valence-electron chi connectivity index (χ2n) is 12.7. The highest BCUT2D eigenvalue weighted by Crippen LogP contribution is 2.31. The molecule has 1 aliphatic heterocycles. The molecule has 0 spiro atoms. The van der Waals surface area contributed by atoms with E-state index in [1.165, 1.54) is 34.7 Å². The van der Waals surface area contributed by atoms with Crippen molar-refractivity contribution in [3.63, 3.8) is 0 Å². The van der Waals surface area contributed by atoms with Gasteiger partial charge < -0.3 is 26.2 Å². The lowest BCUT2D eigenvalue weighted by molar-refractivity contribution is -0.384. The monoisotopic (exact) mass is 606 g/mol. The van der Waals surface area contributed by atoms with Crippen LogP contribution in [0.5, 0.6) is 0 Å². The number of likely N-dealkylation sites (N-methyl/N-ethyl adjacent to an activating group) is 1. The third-order valence-corrected chi connectivity index (χ3v) is 8.47. The number of nitrogens with one attached hydrogen (secondary N) is 4. The lowest BCUT2D eigenvalue weighted by Gasteiger charge is -2.36. The normalized spacial score (nSPS) is 21.0. The molecule has 5 atom stereocenters. The van der Waals surface area contributed by atoms with Crippen LogP contribution in [0.3, 0.4) is 0 Å². The average Bonchev–Trinajstić information content (AvgIpc) is 3.42.